The van der Waals surface area contributed by atoms with Crippen LogP contribution in [0.1, 0.15) is 12.0 Å². The van der Waals surface area contributed by atoms with E-state index in [1.54, 1.807) is 0 Å². The molecule has 0 unspecified atom stereocenters. The second kappa shape index (κ2) is 9.40. The Morgan fingerprint density at radius 3 is 2.12 bits per heavy atom. The Morgan fingerprint density at radius 2 is 1.30 bits per heavy atom. The van der Waals surface area contributed by atoms with Gasteiger partial charge in [0.1, 0.15) is 5.82 Å². The average Bonchev–Trinajstić information content (AvgIpc) is 3.70. The Morgan fingerprint density at radius 1 is 0.558 bits per heavy atom. The van der Waals surface area contributed by atoms with E-state index < -0.39 is 0 Å². The number of nitrogens with zero attached hydrogens (tertiary/aromatic N) is 4. The van der Waals surface area contributed by atoms with Crippen LogP contribution in [0.15, 0.2) is 151 Å². The van der Waals surface area contributed by atoms with Crippen molar-refractivity contribution in [1.82, 2.24) is 9.55 Å². The molecule has 2 aliphatic rings. The number of anilines is 3. The van der Waals surface area contributed by atoms with Crippen LogP contribution in [0.4, 0.5) is 17.1 Å². The van der Waals surface area contributed by atoms with Crippen molar-refractivity contribution in [3.63, 3.8) is 0 Å². The normalized spacial score (nSPS) is 13.5. The summed E-state index contributed by atoms with van der Waals surface area (Å²) >= 11 is 0. The first-order valence-electron chi connectivity index (χ1n) is 14.6. The minimum Gasteiger partial charge on any atom is -0.309 e. The fourth-order valence-corrected chi connectivity index (χ4v) is 6.76. The van der Waals surface area contributed by atoms with E-state index in [1.165, 1.54) is 33.0 Å². The predicted octanol–water partition coefficient (Wildman–Crippen LogP) is 10.0. The maximum Gasteiger partial charge on any atom is 0.137 e. The Kier molecular flexibility index (Phi) is 5.23. The molecule has 43 heavy (non-hydrogen) atoms. The summed E-state index contributed by atoms with van der Waals surface area (Å²) in [5, 5.41) is 2.42. The van der Waals surface area contributed by atoms with Crippen molar-refractivity contribution in [2.45, 2.75) is 6.42 Å². The van der Waals surface area contributed by atoms with Crippen molar-refractivity contribution >= 4 is 44.6 Å². The summed E-state index contributed by atoms with van der Waals surface area (Å²) in [6.07, 6.45) is 6.74. The largest absolute Gasteiger partial charge is 0.309 e. The van der Waals surface area contributed by atoms with E-state index in [0.29, 0.717) is 0 Å². The van der Waals surface area contributed by atoms with Gasteiger partial charge in [-0.25, -0.2) is 4.98 Å². The van der Waals surface area contributed by atoms with Crippen molar-refractivity contribution < 1.29 is 0 Å². The molecule has 202 valence electrons. The van der Waals surface area contributed by atoms with E-state index >= 15 is 0 Å². The molecule has 0 atom stereocenters. The van der Waals surface area contributed by atoms with Crippen LogP contribution in [0.2, 0.25) is 0 Å². The summed E-state index contributed by atoms with van der Waals surface area (Å²) in [5.74, 6) is 0.906. The molecule has 0 radical (unpaired) electrons. The van der Waals surface area contributed by atoms with Crippen LogP contribution in [0.3, 0.4) is 0 Å². The second-order valence-electron chi connectivity index (χ2n) is 11.0. The summed E-state index contributed by atoms with van der Waals surface area (Å²) in [6.45, 7) is 0. The first kappa shape index (κ1) is 23.9. The molecule has 7 aromatic rings. The molecule has 2 aromatic heterocycles. The summed E-state index contributed by atoms with van der Waals surface area (Å²) < 4.78 is 2.28. The molecule has 0 aliphatic carbocycles. The van der Waals surface area contributed by atoms with Crippen molar-refractivity contribution in [2.24, 2.45) is 4.99 Å². The molecule has 0 saturated carbocycles. The van der Waals surface area contributed by atoms with Crippen LogP contribution in [0, 0.1) is 0 Å². The highest BCUT2D eigenvalue weighted by Crippen LogP contribution is 2.51. The van der Waals surface area contributed by atoms with Gasteiger partial charge in [0.25, 0.3) is 0 Å². The summed E-state index contributed by atoms with van der Waals surface area (Å²) in [5.41, 5.74) is 12.8. The highest BCUT2D eigenvalue weighted by molar-refractivity contribution is 6.12. The molecule has 9 rings (SSSR count). The Labute approximate surface area is 249 Å². The molecule has 0 bridgehead atoms. The zero-order valence-electron chi connectivity index (χ0n) is 23.4. The minimum atomic E-state index is 0.849. The molecule has 4 nitrogen and oxygen atoms in total. The Balaban J connectivity index is 1.36. The third-order valence-electron chi connectivity index (χ3n) is 8.67. The maximum absolute atomic E-state index is 4.76. The number of aliphatic imine (C=N–C) groups is 1. The lowest BCUT2D eigenvalue weighted by atomic mass is 9.93. The fourth-order valence-electron chi connectivity index (χ4n) is 6.76. The molecule has 0 spiro atoms. The van der Waals surface area contributed by atoms with E-state index in [2.05, 4.69) is 136 Å². The smallest absolute Gasteiger partial charge is 0.137 e. The number of para-hydroxylation sites is 2. The lowest BCUT2D eigenvalue weighted by Crippen LogP contribution is -2.12. The molecule has 0 N–H and O–H groups in total. The van der Waals surface area contributed by atoms with Crippen molar-refractivity contribution in [1.29, 1.82) is 0 Å². The van der Waals surface area contributed by atoms with Crippen molar-refractivity contribution in [2.75, 3.05) is 4.90 Å². The molecule has 4 heterocycles. The van der Waals surface area contributed by atoms with E-state index in [1.807, 2.05) is 24.5 Å². The first-order valence-corrected chi connectivity index (χ1v) is 14.6. The van der Waals surface area contributed by atoms with Gasteiger partial charge < -0.3 is 4.90 Å². The molecule has 4 heteroatoms. The third-order valence-corrected chi connectivity index (χ3v) is 8.67. The van der Waals surface area contributed by atoms with Crippen LogP contribution in [-0.4, -0.2) is 15.3 Å². The zero-order valence-corrected chi connectivity index (χ0v) is 23.4. The van der Waals surface area contributed by atoms with Crippen LogP contribution < -0.4 is 4.90 Å². The first-order chi connectivity index (χ1) is 21.3. The molecule has 0 amide bonds. The van der Waals surface area contributed by atoms with Gasteiger partial charge in [-0.05, 0) is 59.2 Å². The number of allylic oxidation sites excluding steroid dienone is 1. The van der Waals surface area contributed by atoms with Gasteiger partial charge in [0.2, 0.25) is 0 Å². The molecule has 2 aliphatic heterocycles. The predicted molar refractivity (Wildman–Crippen MR) is 178 cm³/mol. The third kappa shape index (κ3) is 3.63. The van der Waals surface area contributed by atoms with Gasteiger partial charge in [0.05, 0.1) is 28.1 Å². The summed E-state index contributed by atoms with van der Waals surface area (Å²) in [7, 11) is 0. The average molecular weight is 551 g/mol. The topological polar surface area (TPSA) is 33.4 Å². The minimum absolute atomic E-state index is 0.849. The van der Waals surface area contributed by atoms with Gasteiger partial charge >= 0.3 is 0 Å². The van der Waals surface area contributed by atoms with Crippen molar-refractivity contribution in [3.8, 4) is 28.1 Å². The van der Waals surface area contributed by atoms with Crippen LogP contribution >= 0.6 is 0 Å². The van der Waals surface area contributed by atoms with E-state index in [0.717, 1.165) is 51.6 Å². The number of fused-ring (bicyclic) bond motifs is 8. The second-order valence-corrected chi connectivity index (χ2v) is 11.0. The van der Waals surface area contributed by atoms with Gasteiger partial charge in [-0.1, -0.05) is 91.0 Å². The highest BCUT2D eigenvalue weighted by Gasteiger charge is 2.27. The fraction of sp³-hybridized carbons (Fsp3) is 0.0256. The van der Waals surface area contributed by atoms with Gasteiger partial charge in [-0.15, -0.1) is 0 Å². The van der Waals surface area contributed by atoms with Crippen LogP contribution in [0.25, 0.3) is 49.9 Å². The molecule has 0 fully saturated rings. The maximum atomic E-state index is 4.76. The highest BCUT2D eigenvalue weighted by atomic mass is 15.2. The summed E-state index contributed by atoms with van der Waals surface area (Å²) in [6, 6.07) is 45.8. The number of benzene rings is 5. The number of hydrogen-bond donors (Lipinski definition) is 0. The van der Waals surface area contributed by atoms with Crippen LogP contribution in [0.5, 0.6) is 0 Å². The Hall–Kier alpha value is -5.74. The SMILES string of the molecule is C1=CN=C(c2ccc3c(c2)N(c2ccc4c5ccccc5n(-c5ccccn5)c4c2)c2ccccc2-c2ccccc2-3)C1. The lowest BCUT2D eigenvalue weighted by Gasteiger charge is -2.28. The van der Waals surface area contributed by atoms with E-state index in [9.17, 15) is 0 Å². The number of hydrogen-bond acceptors (Lipinski definition) is 3. The van der Waals surface area contributed by atoms with Gasteiger partial charge in [0.15, 0.2) is 0 Å². The number of aromatic nitrogens is 2. The quantitative estimate of drug-likeness (QED) is 0.219. The van der Waals surface area contributed by atoms with Gasteiger partial charge in [-0.2, -0.15) is 0 Å². The molecular weight excluding hydrogens is 524 g/mol. The summed E-state index contributed by atoms with van der Waals surface area (Å²) in [4.78, 5) is 11.9. The van der Waals surface area contributed by atoms with Gasteiger partial charge in [0, 0.05) is 46.4 Å². The Bertz CT molecular complexity index is 2270. The monoisotopic (exact) mass is 550 g/mol. The zero-order chi connectivity index (χ0) is 28.3. The molecular formula is C39H26N4. The standard InChI is InChI=1S/C39H26N4/c1-2-11-29-28(10-1)30-12-3-5-15-35(30)42(37-24-26(18-20-32(29)37)34-14-9-23-40-34)27-19-21-33-31-13-4-6-16-36(31)43(38(33)25-27)39-17-7-8-22-41-39/h1-13,15-25H,14H2. The molecule has 0 saturated heterocycles. The lowest BCUT2D eigenvalue weighted by molar-refractivity contribution is 1.08. The van der Waals surface area contributed by atoms with E-state index in [-0.39, 0.29) is 0 Å². The molecule has 5 aromatic carbocycles. The van der Waals surface area contributed by atoms with Crippen LogP contribution in [-0.2, 0) is 0 Å². The number of pyridine rings is 1. The number of rotatable bonds is 3. The van der Waals surface area contributed by atoms with Gasteiger partial charge in [-0.3, -0.25) is 9.56 Å². The van der Waals surface area contributed by atoms with E-state index in [4.69, 9.17) is 4.98 Å². The van der Waals surface area contributed by atoms with Crippen molar-refractivity contribution in [3.05, 3.63) is 151 Å².